The minimum absolute atomic E-state index is 0.0154. The van der Waals surface area contributed by atoms with Crippen molar-refractivity contribution in [2.75, 3.05) is 0 Å². The summed E-state index contributed by atoms with van der Waals surface area (Å²) in [4.78, 5) is 0. The van der Waals surface area contributed by atoms with E-state index in [1.807, 2.05) is 0 Å². The number of hydrogen-bond acceptors (Lipinski definition) is 0. The van der Waals surface area contributed by atoms with E-state index in [0.717, 1.165) is 11.3 Å². The summed E-state index contributed by atoms with van der Waals surface area (Å²) >= 11 is 0. The Hall–Kier alpha value is -0.350. The van der Waals surface area contributed by atoms with Gasteiger partial charge in [-0.15, -0.1) is 0 Å². The molecule has 0 aliphatic heterocycles. The van der Waals surface area contributed by atoms with Gasteiger partial charge in [0.2, 0.25) is 0 Å². The summed E-state index contributed by atoms with van der Waals surface area (Å²) in [6, 6.07) is 6.67. The molecule has 15 heavy (non-hydrogen) atoms. The van der Waals surface area contributed by atoms with Crippen molar-refractivity contribution in [2.45, 2.75) is 52.9 Å². The monoisotopic (exact) mass is 222 g/mol. The van der Waals surface area contributed by atoms with Crippen molar-refractivity contribution in [3.8, 4) is 0 Å². The van der Waals surface area contributed by atoms with E-state index in [4.69, 9.17) is 0 Å². The van der Waals surface area contributed by atoms with Gasteiger partial charge in [0.1, 0.15) is 0 Å². The highest BCUT2D eigenvalue weighted by atomic mass is 31.1. The molecule has 0 fully saturated rings. The van der Waals surface area contributed by atoms with Gasteiger partial charge in [-0.05, 0) is 41.6 Å². The zero-order chi connectivity index (χ0) is 11.6. The molecule has 0 spiro atoms. The molecule has 84 valence electrons. The Labute approximate surface area is 95.9 Å². The summed E-state index contributed by atoms with van der Waals surface area (Å²) in [6.07, 6.45) is 0. The molecule has 0 aromatic heterocycles. The van der Waals surface area contributed by atoms with Gasteiger partial charge in [-0.1, -0.05) is 53.8 Å². The Morgan fingerprint density at radius 2 is 1.27 bits per heavy atom. The van der Waals surface area contributed by atoms with Crippen molar-refractivity contribution in [1.29, 1.82) is 0 Å². The van der Waals surface area contributed by atoms with Gasteiger partial charge in [0, 0.05) is 0 Å². The SMILES string of the molecule is Cc1cccc(C)c1P(C(C)C)C(C)C. The summed E-state index contributed by atoms with van der Waals surface area (Å²) in [6.45, 7) is 13.9. The molecule has 0 aliphatic rings. The lowest BCUT2D eigenvalue weighted by molar-refractivity contribution is 1.02. The van der Waals surface area contributed by atoms with Crippen molar-refractivity contribution in [1.82, 2.24) is 0 Å². The van der Waals surface area contributed by atoms with Gasteiger partial charge in [-0.2, -0.15) is 0 Å². The number of aryl methyl sites for hydroxylation is 2. The first-order chi connectivity index (χ1) is 6.95. The first kappa shape index (κ1) is 12.7. The molecule has 1 rings (SSSR count). The molecule has 0 nitrogen and oxygen atoms in total. The van der Waals surface area contributed by atoms with Crippen molar-refractivity contribution in [3.05, 3.63) is 29.3 Å². The topological polar surface area (TPSA) is 0 Å². The maximum absolute atomic E-state index is 2.36. The predicted octanol–water partition coefficient (Wildman–Crippen LogP) is 4.23. The van der Waals surface area contributed by atoms with E-state index in [2.05, 4.69) is 59.7 Å². The lowest BCUT2D eigenvalue weighted by Crippen LogP contribution is -2.19. The van der Waals surface area contributed by atoms with Crippen molar-refractivity contribution >= 4 is 13.2 Å². The van der Waals surface area contributed by atoms with Crippen LogP contribution in [0.15, 0.2) is 18.2 Å². The first-order valence-corrected chi connectivity index (χ1v) is 7.27. The van der Waals surface area contributed by atoms with Crippen LogP contribution in [0.2, 0.25) is 0 Å². The van der Waals surface area contributed by atoms with Gasteiger partial charge in [0.15, 0.2) is 0 Å². The van der Waals surface area contributed by atoms with Crippen molar-refractivity contribution in [3.63, 3.8) is 0 Å². The average Bonchev–Trinajstić information content (AvgIpc) is 2.09. The molecular weight excluding hydrogens is 199 g/mol. The minimum atomic E-state index is -0.0154. The highest BCUT2D eigenvalue weighted by Crippen LogP contribution is 2.46. The molecule has 0 heterocycles. The van der Waals surface area contributed by atoms with Gasteiger partial charge < -0.3 is 0 Å². The summed E-state index contributed by atoms with van der Waals surface area (Å²) in [5.74, 6) is 0. The van der Waals surface area contributed by atoms with Crippen LogP contribution >= 0.6 is 7.92 Å². The molecule has 1 aromatic rings. The van der Waals surface area contributed by atoms with E-state index in [9.17, 15) is 0 Å². The second-order valence-electron chi connectivity index (χ2n) is 4.84. The normalized spacial score (nSPS) is 11.8. The summed E-state index contributed by atoms with van der Waals surface area (Å²) in [5.41, 5.74) is 4.51. The van der Waals surface area contributed by atoms with E-state index in [1.165, 1.54) is 11.1 Å². The molecule has 1 aromatic carbocycles. The quantitative estimate of drug-likeness (QED) is 0.671. The Morgan fingerprint density at radius 3 is 1.60 bits per heavy atom. The van der Waals surface area contributed by atoms with Crippen molar-refractivity contribution in [2.24, 2.45) is 0 Å². The highest BCUT2D eigenvalue weighted by Gasteiger charge is 2.21. The van der Waals surface area contributed by atoms with E-state index >= 15 is 0 Å². The van der Waals surface area contributed by atoms with Crippen LogP contribution in [-0.4, -0.2) is 11.3 Å². The molecule has 1 heteroatoms. The lowest BCUT2D eigenvalue weighted by Gasteiger charge is -2.29. The third-order valence-corrected chi connectivity index (χ3v) is 6.26. The van der Waals surface area contributed by atoms with E-state index < -0.39 is 0 Å². The fourth-order valence-corrected chi connectivity index (χ4v) is 5.51. The molecule has 0 aliphatic carbocycles. The van der Waals surface area contributed by atoms with Gasteiger partial charge in [-0.25, -0.2) is 0 Å². The van der Waals surface area contributed by atoms with Crippen LogP contribution < -0.4 is 5.30 Å². The maximum atomic E-state index is 2.36. The summed E-state index contributed by atoms with van der Waals surface area (Å²) in [5, 5.41) is 1.64. The largest absolute Gasteiger partial charge is 0.0695 e. The van der Waals surface area contributed by atoms with E-state index in [0.29, 0.717) is 0 Å². The summed E-state index contributed by atoms with van der Waals surface area (Å²) < 4.78 is 0. The molecule has 0 saturated carbocycles. The van der Waals surface area contributed by atoms with Crippen LogP contribution in [0.5, 0.6) is 0 Å². The van der Waals surface area contributed by atoms with Gasteiger partial charge in [0.25, 0.3) is 0 Å². The molecule has 0 amide bonds. The van der Waals surface area contributed by atoms with Crippen LogP contribution in [0, 0.1) is 13.8 Å². The zero-order valence-electron chi connectivity index (χ0n) is 10.8. The average molecular weight is 222 g/mol. The van der Waals surface area contributed by atoms with Gasteiger partial charge >= 0.3 is 0 Å². The lowest BCUT2D eigenvalue weighted by atomic mass is 10.2. The fourth-order valence-electron chi connectivity index (χ4n) is 2.33. The maximum Gasteiger partial charge on any atom is -0.0177 e. The molecule has 0 bridgehead atoms. The number of rotatable bonds is 3. The zero-order valence-corrected chi connectivity index (χ0v) is 11.7. The smallest absolute Gasteiger partial charge is 0.0177 e. The Kier molecular flexibility index (Phi) is 4.34. The van der Waals surface area contributed by atoms with Crippen LogP contribution in [0.1, 0.15) is 38.8 Å². The Bertz CT molecular complexity index is 298. The first-order valence-electron chi connectivity index (χ1n) is 5.79. The molecule has 0 unspecified atom stereocenters. The minimum Gasteiger partial charge on any atom is -0.0695 e. The number of benzene rings is 1. The fraction of sp³-hybridized carbons (Fsp3) is 0.571. The van der Waals surface area contributed by atoms with Crippen LogP contribution in [0.3, 0.4) is 0 Å². The number of hydrogen-bond donors (Lipinski definition) is 0. The third kappa shape index (κ3) is 2.82. The van der Waals surface area contributed by atoms with Gasteiger partial charge in [0.05, 0.1) is 0 Å². The molecule has 0 radical (unpaired) electrons. The van der Waals surface area contributed by atoms with Crippen LogP contribution in [-0.2, 0) is 0 Å². The molecular formula is C14H23P. The third-order valence-electron chi connectivity index (χ3n) is 2.81. The standard InChI is InChI=1S/C14H23P/c1-10(2)15(11(3)4)14-12(5)8-7-9-13(14)6/h7-11H,1-6H3. The van der Waals surface area contributed by atoms with Crippen LogP contribution in [0.25, 0.3) is 0 Å². The van der Waals surface area contributed by atoms with E-state index in [1.54, 1.807) is 5.30 Å². The second kappa shape index (κ2) is 5.12. The highest BCUT2D eigenvalue weighted by molar-refractivity contribution is 7.67. The van der Waals surface area contributed by atoms with Gasteiger partial charge in [-0.3, -0.25) is 0 Å². The second-order valence-corrected chi connectivity index (χ2v) is 8.16. The summed E-state index contributed by atoms with van der Waals surface area (Å²) in [7, 11) is -0.0154. The van der Waals surface area contributed by atoms with Crippen LogP contribution in [0.4, 0.5) is 0 Å². The molecule has 0 N–H and O–H groups in total. The molecule has 0 atom stereocenters. The van der Waals surface area contributed by atoms with Crippen molar-refractivity contribution < 1.29 is 0 Å². The Morgan fingerprint density at radius 1 is 0.867 bits per heavy atom. The Balaban J connectivity index is 3.22. The predicted molar refractivity (Wildman–Crippen MR) is 72.7 cm³/mol. The molecule has 0 saturated heterocycles. The van der Waals surface area contributed by atoms with E-state index in [-0.39, 0.29) is 7.92 Å².